The normalized spacial score (nSPS) is 12.0. The first-order chi connectivity index (χ1) is 12.9. The molecule has 1 aliphatic rings. The molecule has 2 N–H and O–H groups in total. The van der Waals surface area contributed by atoms with Crippen molar-refractivity contribution >= 4 is 35.0 Å². The summed E-state index contributed by atoms with van der Waals surface area (Å²) in [7, 11) is 0. The van der Waals surface area contributed by atoms with Crippen LogP contribution < -0.4 is 20.1 Å². The van der Waals surface area contributed by atoms with Crippen molar-refractivity contribution in [3.8, 4) is 11.5 Å². The lowest BCUT2D eigenvalue weighted by Gasteiger charge is -2.11. The fraction of sp³-hybridized carbons (Fsp3) is 0.263. The third-order valence-corrected chi connectivity index (χ3v) is 3.88. The van der Waals surface area contributed by atoms with Gasteiger partial charge in [0.05, 0.1) is 11.6 Å². The molecule has 0 radical (unpaired) electrons. The first-order valence-corrected chi connectivity index (χ1v) is 8.74. The van der Waals surface area contributed by atoms with Gasteiger partial charge in [0.15, 0.2) is 11.5 Å². The molecule has 2 aromatic rings. The van der Waals surface area contributed by atoms with Gasteiger partial charge in [-0.25, -0.2) is 4.79 Å². The van der Waals surface area contributed by atoms with Crippen molar-refractivity contribution in [2.75, 3.05) is 24.0 Å². The van der Waals surface area contributed by atoms with Gasteiger partial charge in [0.1, 0.15) is 0 Å². The molecule has 0 fully saturated rings. The van der Waals surface area contributed by atoms with E-state index in [4.69, 9.17) is 25.8 Å². The molecule has 0 atom stereocenters. The van der Waals surface area contributed by atoms with Gasteiger partial charge in [-0.05, 0) is 36.2 Å². The number of amides is 2. The smallest absolute Gasteiger partial charge is 0.411 e. The van der Waals surface area contributed by atoms with Gasteiger partial charge in [0.25, 0.3) is 5.91 Å². The Morgan fingerprint density at radius 3 is 2.63 bits per heavy atom. The minimum atomic E-state index is -0.547. The van der Waals surface area contributed by atoms with E-state index in [2.05, 4.69) is 10.6 Å². The summed E-state index contributed by atoms with van der Waals surface area (Å²) >= 11 is 6.11. The van der Waals surface area contributed by atoms with Crippen LogP contribution in [0.4, 0.5) is 16.2 Å². The van der Waals surface area contributed by atoms with Gasteiger partial charge in [-0.15, -0.1) is 0 Å². The van der Waals surface area contributed by atoms with Crippen LogP contribution in [-0.4, -0.2) is 25.4 Å². The lowest BCUT2D eigenvalue weighted by atomic mass is 10.1. The highest BCUT2D eigenvalue weighted by Crippen LogP contribution is 2.39. The molecule has 1 aliphatic heterocycles. The van der Waals surface area contributed by atoms with Crippen LogP contribution in [0.25, 0.3) is 0 Å². The predicted octanol–water partition coefficient (Wildman–Crippen LogP) is 4.53. The second kappa shape index (κ2) is 8.18. The molecule has 142 valence electrons. The number of carbonyl (C=O) groups excluding carboxylic acids is 2. The minimum Gasteiger partial charge on any atom is -0.454 e. The number of hydrogen-bond acceptors (Lipinski definition) is 5. The third kappa shape index (κ3) is 4.83. The standard InChI is InChI=1S/C19H19ClN2O5/c1-11(2)9-25-19(24)22-14-5-3-4-13(8-14)21-18(23)12-6-15(20)17-16(7-12)26-10-27-17/h3-8,11H,9-10H2,1-2H3,(H,21,23)(H,22,24). The number of carbonyl (C=O) groups is 2. The zero-order chi connectivity index (χ0) is 19.4. The van der Waals surface area contributed by atoms with Crippen LogP contribution in [0.15, 0.2) is 36.4 Å². The number of hydrogen-bond donors (Lipinski definition) is 2. The number of fused-ring (bicyclic) bond motifs is 1. The molecular weight excluding hydrogens is 372 g/mol. The van der Waals surface area contributed by atoms with Crippen molar-refractivity contribution in [1.82, 2.24) is 0 Å². The Morgan fingerprint density at radius 1 is 1.15 bits per heavy atom. The molecule has 27 heavy (non-hydrogen) atoms. The van der Waals surface area contributed by atoms with Crippen LogP contribution in [0.5, 0.6) is 11.5 Å². The molecule has 2 amide bonds. The van der Waals surface area contributed by atoms with Crippen LogP contribution in [0.1, 0.15) is 24.2 Å². The first kappa shape index (κ1) is 18.8. The number of benzene rings is 2. The van der Waals surface area contributed by atoms with Gasteiger partial charge >= 0.3 is 6.09 Å². The quantitative estimate of drug-likeness (QED) is 0.783. The minimum absolute atomic E-state index is 0.0702. The van der Waals surface area contributed by atoms with E-state index < -0.39 is 6.09 Å². The molecule has 0 aliphatic carbocycles. The molecule has 8 heteroatoms. The molecule has 3 rings (SSSR count). The van der Waals surface area contributed by atoms with Crippen molar-refractivity contribution in [2.24, 2.45) is 5.92 Å². The van der Waals surface area contributed by atoms with Crippen molar-refractivity contribution < 1.29 is 23.8 Å². The summed E-state index contributed by atoms with van der Waals surface area (Å²) in [6.45, 7) is 4.30. The number of ether oxygens (including phenoxy) is 3. The van der Waals surface area contributed by atoms with E-state index in [9.17, 15) is 9.59 Å². The first-order valence-electron chi connectivity index (χ1n) is 8.36. The van der Waals surface area contributed by atoms with Gasteiger partial charge in [0.2, 0.25) is 6.79 Å². The van der Waals surface area contributed by atoms with E-state index in [0.717, 1.165) is 0 Å². The number of rotatable bonds is 5. The maximum Gasteiger partial charge on any atom is 0.411 e. The van der Waals surface area contributed by atoms with E-state index in [-0.39, 0.29) is 18.6 Å². The average molecular weight is 391 g/mol. The van der Waals surface area contributed by atoms with Crippen LogP contribution in [0, 0.1) is 5.92 Å². The van der Waals surface area contributed by atoms with Crippen molar-refractivity contribution in [2.45, 2.75) is 13.8 Å². The lowest BCUT2D eigenvalue weighted by molar-refractivity contribution is 0.102. The van der Waals surface area contributed by atoms with Crippen LogP contribution in [-0.2, 0) is 4.74 Å². The average Bonchev–Trinajstić information content (AvgIpc) is 3.09. The Balaban J connectivity index is 1.66. The highest BCUT2D eigenvalue weighted by atomic mass is 35.5. The molecule has 0 saturated heterocycles. The molecule has 1 heterocycles. The Morgan fingerprint density at radius 2 is 1.89 bits per heavy atom. The number of halogens is 1. The van der Waals surface area contributed by atoms with Crippen LogP contribution in [0.3, 0.4) is 0 Å². The molecule has 0 spiro atoms. The Kier molecular flexibility index (Phi) is 5.71. The summed E-state index contributed by atoms with van der Waals surface area (Å²) in [5.74, 6) is 0.736. The van der Waals surface area contributed by atoms with Crippen LogP contribution in [0.2, 0.25) is 5.02 Å². The topological polar surface area (TPSA) is 85.9 Å². The van der Waals surface area contributed by atoms with Gasteiger partial charge in [-0.3, -0.25) is 10.1 Å². The van der Waals surface area contributed by atoms with Crippen molar-refractivity contribution in [3.63, 3.8) is 0 Å². The fourth-order valence-corrected chi connectivity index (χ4v) is 2.64. The molecule has 0 aromatic heterocycles. The van der Waals surface area contributed by atoms with Crippen molar-refractivity contribution in [3.05, 3.63) is 47.0 Å². The summed E-state index contributed by atoms with van der Waals surface area (Å²) in [4.78, 5) is 24.3. The molecule has 7 nitrogen and oxygen atoms in total. The van der Waals surface area contributed by atoms with E-state index in [1.54, 1.807) is 30.3 Å². The third-order valence-electron chi connectivity index (χ3n) is 3.60. The largest absolute Gasteiger partial charge is 0.454 e. The van der Waals surface area contributed by atoms with Gasteiger partial charge in [-0.2, -0.15) is 0 Å². The van der Waals surface area contributed by atoms with Crippen molar-refractivity contribution in [1.29, 1.82) is 0 Å². The highest BCUT2D eigenvalue weighted by Gasteiger charge is 2.20. The van der Waals surface area contributed by atoms with Crippen LogP contribution >= 0.6 is 11.6 Å². The zero-order valence-corrected chi connectivity index (χ0v) is 15.6. The van der Waals surface area contributed by atoms with E-state index >= 15 is 0 Å². The molecule has 0 bridgehead atoms. The number of nitrogens with one attached hydrogen (secondary N) is 2. The monoisotopic (exact) mass is 390 g/mol. The second-order valence-electron chi connectivity index (χ2n) is 6.34. The maximum absolute atomic E-state index is 12.5. The highest BCUT2D eigenvalue weighted by molar-refractivity contribution is 6.32. The summed E-state index contributed by atoms with van der Waals surface area (Å²) in [5, 5.41) is 5.68. The summed E-state index contributed by atoms with van der Waals surface area (Å²) < 4.78 is 15.6. The predicted molar refractivity (Wildman–Crippen MR) is 102 cm³/mol. The lowest BCUT2D eigenvalue weighted by Crippen LogP contribution is -2.17. The molecule has 2 aromatic carbocycles. The molecule has 0 saturated carbocycles. The number of anilines is 2. The zero-order valence-electron chi connectivity index (χ0n) is 14.9. The summed E-state index contributed by atoms with van der Waals surface area (Å²) in [6.07, 6.45) is -0.547. The van der Waals surface area contributed by atoms with Gasteiger partial charge in [-0.1, -0.05) is 31.5 Å². The Hall–Kier alpha value is -2.93. The summed E-state index contributed by atoms with van der Waals surface area (Å²) in [6, 6.07) is 9.81. The second-order valence-corrected chi connectivity index (χ2v) is 6.75. The molecule has 0 unspecified atom stereocenters. The Bertz CT molecular complexity index is 869. The summed E-state index contributed by atoms with van der Waals surface area (Å²) in [5.41, 5.74) is 1.35. The SMILES string of the molecule is CC(C)COC(=O)Nc1cccc(NC(=O)c2cc(Cl)c3c(c2)OCO3)c1. The van der Waals surface area contributed by atoms with Gasteiger partial charge < -0.3 is 19.5 Å². The maximum atomic E-state index is 12.5. The van der Waals surface area contributed by atoms with E-state index in [1.165, 1.54) is 6.07 Å². The Labute approximate surface area is 161 Å². The molecular formula is C19H19ClN2O5. The fourth-order valence-electron chi connectivity index (χ4n) is 2.37. The van der Waals surface area contributed by atoms with E-state index in [1.807, 2.05) is 13.8 Å². The van der Waals surface area contributed by atoms with Gasteiger partial charge in [0, 0.05) is 16.9 Å². The van der Waals surface area contributed by atoms with E-state index in [0.29, 0.717) is 40.1 Å².